The highest BCUT2D eigenvalue weighted by atomic mass is 16.5. The van der Waals surface area contributed by atoms with Gasteiger partial charge in [-0.2, -0.15) is 4.98 Å². The van der Waals surface area contributed by atoms with E-state index < -0.39 is 0 Å². The molecule has 2 heterocycles. The molecule has 0 saturated carbocycles. The molecule has 1 unspecified atom stereocenters. The molecule has 0 aromatic carbocycles. The number of aromatic nitrogens is 2. The quantitative estimate of drug-likeness (QED) is 0.799. The molecule has 0 aliphatic carbocycles. The molecule has 1 aromatic heterocycles. The topological polar surface area (TPSA) is 91.5 Å². The highest BCUT2D eigenvalue weighted by molar-refractivity contribution is 5.90. The molecule has 1 aliphatic rings. The molecule has 0 radical (unpaired) electrons. The minimum absolute atomic E-state index is 0.0283. The van der Waals surface area contributed by atoms with E-state index in [1.54, 1.807) is 4.90 Å². The van der Waals surface area contributed by atoms with E-state index in [0.29, 0.717) is 18.9 Å². The van der Waals surface area contributed by atoms with E-state index in [0.717, 1.165) is 19.4 Å². The fourth-order valence-corrected chi connectivity index (χ4v) is 2.32. The Bertz CT molecular complexity index is 441. The van der Waals surface area contributed by atoms with Gasteiger partial charge in [0.1, 0.15) is 0 Å². The second-order valence-corrected chi connectivity index (χ2v) is 5.27. The molecular formula is C13H22N4O3. The third kappa shape index (κ3) is 3.34. The van der Waals surface area contributed by atoms with Crippen molar-refractivity contribution in [1.82, 2.24) is 20.4 Å². The van der Waals surface area contributed by atoms with Crippen LogP contribution in [0.2, 0.25) is 0 Å². The van der Waals surface area contributed by atoms with Crippen molar-refractivity contribution in [2.24, 2.45) is 0 Å². The van der Waals surface area contributed by atoms with Crippen LogP contribution < -0.4 is 5.32 Å². The van der Waals surface area contributed by atoms with Crippen LogP contribution in [-0.2, 0) is 0 Å². The molecule has 7 heteroatoms. The SMILES string of the molecule is CC(C)N(CCCO)C(=O)c1noc(C2CCCN2)n1. The first-order valence-electron chi connectivity index (χ1n) is 7.12. The summed E-state index contributed by atoms with van der Waals surface area (Å²) in [5.41, 5.74) is 0. The second-order valence-electron chi connectivity index (χ2n) is 5.27. The summed E-state index contributed by atoms with van der Waals surface area (Å²) in [5.74, 6) is 0.332. The molecule has 1 saturated heterocycles. The maximum Gasteiger partial charge on any atom is 0.295 e. The van der Waals surface area contributed by atoms with Gasteiger partial charge in [-0.05, 0) is 39.7 Å². The van der Waals surface area contributed by atoms with Crippen molar-refractivity contribution in [2.75, 3.05) is 19.7 Å². The molecule has 1 fully saturated rings. The Morgan fingerprint density at radius 2 is 2.40 bits per heavy atom. The lowest BCUT2D eigenvalue weighted by molar-refractivity contribution is 0.0677. The molecule has 1 aliphatic heterocycles. The highest BCUT2D eigenvalue weighted by Gasteiger charge is 2.27. The molecule has 0 spiro atoms. The van der Waals surface area contributed by atoms with Crippen LogP contribution in [0.25, 0.3) is 0 Å². The third-order valence-electron chi connectivity index (χ3n) is 3.43. The third-order valence-corrected chi connectivity index (χ3v) is 3.43. The number of aliphatic hydroxyl groups is 1. The molecule has 0 bridgehead atoms. The Morgan fingerprint density at radius 3 is 3.00 bits per heavy atom. The lowest BCUT2D eigenvalue weighted by Crippen LogP contribution is -2.38. The van der Waals surface area contributed by atoms with Crippen LogP contribution >= 0.6 is 0 Å². The zero-order valence-electron chi connectivity index (χ0n) is 12.0. The van der Waals surface area contributed by atoms with Crippen molar-refractivity contribution in [3.05, 3.63) is 11.7 Å². The van der Waals surface area contributed by atoms with Crippen molar-refractivity contribution in [1.29, 1.82) is 0 Å². The van der Waals surface area contributed by atoms with Gasteiger partial charge in [-0.15, -0.1) is 0 Å². The van der Waals surface area contributed by atoms with Gasteiger partial charge >= 0.3 is 0 Å². The predicted octanol–water partition coefficient (Wildman–Crippen LogP) is 0.727. The van der Waals surface area contributed by atoms with Gasteiger partial charge in [0.15, 0.2) is 0 Å². The highest BCUT2D eigenvalue weighted by Crippen LogP contribution is 2.21. The molecule has 2 rings (SSSR count). The minimum Gasteiger partial charge on any atom is -0.396 e. The van der Waals surface area contributed by atoms with Gasteiger partial charge in [-0.3, -0.25) is 4.79 Å². The fourth-order valence-electron chi connectivity index (χ4n) is 2.32. The molecule has 1 amide bonds. The first-order chi connectivity index (χ1) is 9.63. The summed E-state index contributed by atoms with van der Waals surface area (Å²) < 4.78 is 5.18. The van der Waals surface area contributed by atoms with Gasteiger partial charge in [0, 0.05) is 19.2 Å². The largest absolute Gasteiger partial charge is 0.396 e. The normalized spacial score (nSPS) is 18.7. The predicted molar refractivity (Wildman–Crippen MR) is 72.2 cm³/mol. The van der Waals surface area contributed by atoms with Crippen molar-refractivity contribution >= 4 is 5.91 Å². The first-order valence-corrected chi connectivity index (χ1v) is 7.12. The number of rotatable bonds is 6. The Balaban J connectivity index is 2.06. The Hall–Kier alpha value is -1.47. The summed E-state index contributed by atoms with van der Waals surface area (Å²) in [4.78, 5) is 18.2. The van der Waals surface area contributed by atoms with E-state index in [2.05, 4.69) is 15.5 Å². The number of aliphatic hydroxyl groups excluding tert-OH is 1. The number of amides is 1. The van der Waals surface area contributed by atoms with Gasteiger partial charge in [-0.1, -0.05) is 5.16 Å². The van der Waals surface area contributed by atoms with E-state index in [1.807, 2.05) is 13.8 Å². The average molecular weight is 282 g/mol. The van der Waals surface area contributed by atoms with Crippen molar-refractivity contribution in [2.45, 2.75) is 45.2 Å². The monoisotopic (exact) mass is 282 g/mol. The summed E-state index contributed by atoms with van der Waals surface area (Å²) >= 11 is 0. The zero-order chi connectivity index (χ0) is 14.5. The Kier molecular flexibility index (Phi) is 5.08. The van der Waals surface area contributed by atoms with Crippen LogP contribution in [0.4, 0.5) is 0 Å². The van der Waals surface area contributed by atoms with E-state index >= 15 is 0 Å². The number of carbonyl (C=O) groups excluding carboxylic acids is 1. The summed E-state index contributed by atoms with van der Waals surface area (Å²) in [6, 6.07) is 0.0922. The molecule has 1 aromatic rings. The summed E-state index contributed by atoms with van der Waals surface area (Å²) in [7, 11) is 0. The van der Waals surface area contributed by atoms with Gasteiger partial charge in [-0.25, -0.2) is 0 Å². The van der Waals surface area contributed by atoms with Gasteiger partial charge in [0.25, 0.3) is 11.7 Å². The van der Waals surface area contributed by atoms with E-state index in [-0.39, 0.29) is 30.4 Å². The number of hydrogen-bond acceptors (Lipinski definition) is 6. The van der Waals surface area contributed by atoms with Crippen molar-refractivity contribution < 1.29 is 14.4 Å². The minimum atomic E-state index is -0.249. The van der Waals surface area contributed by atoms with Crippen LogP contribution in [-0.4, -0.2) is 51.8 Å². The summed E-state index contributed by atoms with van der Waals surface area (Å²) in [6.07, 6.45) is 2.57. The summed E-state index contributed by atoms with van der Waals surface area (Å²) in [6.45, 7) is 5.33. The first kappa shape index (κ1) is 14.9. The molecule has 2 N–H and O–H groups in total. The van der Waals surface area contributed by atoms with E-state index in [9.17, 15) is 4.79 Å². The molecule has 112 valence electrons. The Labute approximate surface area is 118 Å². The van der Waals surface area contributed by atoms with Crippen LogP contribution in [0.1, 0.15) is 55.7 Å². The van der Waals surface area contributed by atoms with Gasteiger partial charge in [0.2, 0.25) is 5.89 Å². The molecule has 7 nitrogen and oxygen atoms in total. The van der Waals surface area contributed by atoms with Gasteiger partial charge < -0.3 is 19.8 Å². The molecule has 1 atom stereocenters. The van der Waals surface area contributed by atoms with Crippen molar-refractivity contribution in [3.8, 4) is 0 Å². The molecular weight excluding hydrogens is 260 g/mol. The molecule has 20 heavy (non-hydrogen) atoms. The zero-order valence-corrected chi connectivity index (χ0v) is 12.0. The number of nitrogens with zero attached hydrogens (tertiary/aromatic N) is 3. The van der Waals surface area contributed by atoms with E-state index in [4.69, 9.17) is 9.63 Å². The maximum atomic E-state index is 12.4. The van der Waals surface area contributed by atoms with Crippen LogP contribution in [0.15, 0.2) is 4.52 Å². The smallest absolute Gasteiger partial charge is 0.295 e. The maximum absolute atomic E-state index is 12.4. The lowest BCUT2D eigenvalue weighted by atomic mass is 10.2. The average Bonchev–Trinajstić information content (AvgIpc) is 3.09. The number of nitrogens with one attached hydrogen (secondary N) is 1. The van der Waals surface area contributed by atoms with E-state index in [1.165, 1.54) is 0 Å². The van der Waals surface area contributed by atoms with Crippen LogP contribution in [0.5, 0.6) is 0 Å². The number of carbonyl (C=O) groups is 1. The van der Waals surface area contributed by atoms with Gasteiger partial charge in [0.05, 0.1) is 6.04 Å². The lowest BCUT2D eigenvalue weighted by Gasteiger charge is -2.24. The Morgan fingerprint density at radius 1 is 1.60 bits per heavy atom. The second kappa shape index (κ2) is 6.81. The van der Waals surface area contributed by atoms with Crippen LogP contribution in [0, 0.1) is 0 Å². The fraction of sp³-hybridized carbons (Fsp3) is 0.769. The standard InChI is InChI=1S/C13H22N4O3/c1-9(2)17(7-4-8-18)13(19)11-15-12(20-16-11)10-5-3-6-14-10/h9-10,14,18H,3-8H2,1-2H3. The number of hydrogen-bond donors (Lipinski definition) is 2. The van der Waals surface area contributed by atoms with Crippen LogP contribution in [0.3, 0.4) is 0 Å². The van der Waals surface area contributed by atoms with Crippen molar-refractivity contribution in [3.63, 3.8) is 0 Å². The summed E-state index contributed by atoms with van der Waals surface area (Å²) in [5, 5.41) is 16.0.